The molecule has 1 aliphatic heterocycles. The highest BCUT2D eigenvalue weighted by Crippen LogP contribution is 2.20. The molecule has 0 aliphatic carbocycles. The number of nitrogens with one attached hydrogen (secondary N) is 2. The maximum atomic E-state index is 12.2. The largest absolute Gasteiger partial charge is 0.361 e. The molecule has 0 atom stereocenters. The number of hydrazine groups is 1. The van der Waals surface area contributed by atoms with Crippen molar-refractivity contribution in [2.24, 2.45) is 5.84 Å². The highest BCUT2D eigenvalue weighted by atomic mass is 16.2. The van der Waals surface area contributed by atoms with Gasteiger partial charge in [-0.1, -0.05) is 13.3 Å². The molecule has 7 nitrogen and oxygen atoms in total. The Hall–Kier alpha value is -1.89. The van der Waals surface area contributed by atoms with Crippen molar-refractivity contribution < 1.29 is 4.79 Å². The monoisotopic (exact) mass is 292 g/mol. The molecule has 1 aromatic heterocycles. The number of aromatic nitrogens is 2. The number of likely N-dealkylation sites (tertiary alicyclic amines) is 1. The Morgan fingerprint density at radius 2 is 2.00 bits per heavy atom. The lowest BCUT2D eigenvalue weighted by Crippen LogP contribution is -2.39. The first-order chi connectivity index (χ1) is 10.3. The number of carbonyl (C=O) groups excluding carboxylic acids is 1. The highest BCUT2D eigenvalue weighted by Gasteiger charge is 2.17. The van der Waals surface area contributed by atoms with Crippen molar-refractivity contribution in [3.05, 3.63) is 11.9 Å². The summed E-state index contributed by atoms with van der Waals surface area (Å²) in [6.07, 6.45) is 6.62. The van der Waals surface area contributed by atoms with Crippen molar-refractivity contribution in [2.45, 2.75) is 39.0 Å². The third-order valence-corrected chi connectivity index (χ3v) is 3.70. The minimum absolute atomic E-state index is 0.123. The highest BCUT2D eigenvalue weighted by molar-refractivity contribution is 5.81. The summed E-state index contributed by atoms with van der Waals surface area (Å²) in [5.41, 5.74) is 3.51. The third-order valence-electron chi connectivity index (χ3n) is 3.70. The van der Waals surface area contributed by atoms with Crippen molar-refractivity contribution in [1.82, 2.24) is 14.9 Å². The van der Waals surface area contributed by atoms with Gasteiger partial charge in [0.25, 0.3) is 0 Å². The first kappa shape index (κ1) is 15.5. The van der Waals surface area contributed by atoms with Crippen LogP contribution in [-0.2, 0) is 11.2 Å². The number of nitrogen functional groups attached to an aromatic ring is 1. The Kier molecular flexibility index (Phi) is 5.74. The zero-order valence-electron chi connectivity index (χ0n) is 12.6. The molecular weight excluding hydrogens is 268 g/mol. The number of anilines is 2. The van der Waals surface area contributed by atoms with Crippen molar-refractivity contribution in [1.29, 1.82) is 0 Å². The van der Waals surface area contributed by atoms with Crippen LogP contribution in [0.2, 0.25) is 0 Å². The molecule has 0 radical (unpaired) electrons. The zero-order valence-corrected chi connectivity index (χ0v) is 12.6. The molecule has 2 rings (SSSR count). The van der Waals surface area contributed by atoms with Crippen LogP contribution in [0, 0.1) is 0 Å². The van der Waals surface area contributed by atoms with Gasteiger partial charge in [-0.05, 0) is 25.7 Å². The predicted octanol–water partition coefficient (Wildman–Crippen LogP) is 1.14. The molecule has 0 bridgehead atoms. The Bertz CT molecular complexity index is 473. The van der Waals surface area contributed by atoms with Crippen LogP contribution in [0.1, 0.15) is 38.2 Å². The minimum atomic E-state index is 0.123. The molecule has 0 aromatic carbocycles. The van der Waals surface area contributed by atoms with Crippen LogP contribution in [-0.4, -0.2) is 40.4 Å². The lowest BCUT2D eigenvalue weighted by atomic mass is 10.1. The van der Waals surface area contributed by atoms with Crippen LogP contribution >= 0.6 is 0 Å². The van der Waals surface area contributed by atoms with Gasteiger partial charge < -0.3 is 15.6 Å². The van der Waals surface area contributed by atoms with Crippen LogP contribution < -0.4 is 16.6 Å². The molecule has 1 amide bonds. The predicted molar refractivity (Wildman–Crippen MR) is 82.8 cm³/mol. The summed E-state index contributed by atoms with van der Waals surface area (Å²) in [6.45, 7) is 4.07. The van der Waals surface area contributed by atoms with Gasteiger partial charge in [-0.25, -0.2) is 15.8 Å². The number of hydrogen-bond donors (Lipinski definition) is 3. The van der Waals surface area contributed by atoms with Gasteiger partial charge in [0.05, 0.1) is 6.54 Å². The molecule has 0 unspecified atom stereocenters. The molecule has 4 N–H and O–H groups in total. The van der Waals surface area contributed by atoms with E-state index < -0.39 is 0 Å². The smallest absolute Gasteiger partial charge is 0.241 e. The van der Waals surface area contributed by atoms with Crippen molar-refractivity contribution >= 4 is 17.5 Å². The summed E-state index contributed by atoms with van der Waals surface area (Å²) in [4.78, 5) is 22.4. The Labute approximate surface area is 125 Å². The second-order valence-electron chi connectivity index (χ2n) is 5.24. The molecule has 116 valence electrons. The number of piperidine rings is 1. The van der Waals surface area contributed by atoms with E-state index in [1.54, 1.807) is 0 Å². The SMILES string of the molecule is CCCc1c(NN)ncnc1NCC(=O)N1CCCCC1. The van der Waals surface area contributed by atoms with Gasteiger partial charge in [0.15, 0.2) is 0 Å². The molecular formula is C14H24N6O. The number of hydrogen-bond acceptors (Lipinski definition) is 6. The Morgan fingerprint density at radius 3 is 2.67 bits per heavy atom. The van der Waals surface area contributed by atoms with E-state index in [0.717, 1.165) is 44.3 Å². The topological polar surface area (TPSA) is 96.2 Å². The van der Waals surface area contributed by atoms with Crippen molar-refractivity contribution in [3.8, 4) is 0 Å². The van der Waals surface area contributed by atoms with Crippen molar-refractivity contribution in [2.75, 3.05) is 30.4 Å². The van der Waals surface area contributed by atoms with Gasteiger partial charge in [0.1, 0.15) is 18.0 Å². The van der Waals surface area contributed by atoms with Crippen LogP contribution in [0.4, 0.5) is 11.6 Å². The molecule has 1 aromatic rings. The van der Waals surface area contributed by atoms with Crippen molar-refractivity contribution in [3.63, 3.8) is 0 Å². The fourth-order valence-electron chi connectivity index (χ4n) is 2.59. The Morgan fingerprint density at radius 1 is 1.29 bits per heavy atom. The number of amides is 1. The quantitative estimate of drug-likeness (QED) is 0.537. The molecule has 1 aliphatic rings. The maximum absolute atomic E-state index is 12.2. The number of carbonyl (C=O) groups is 1. The van der Waals surface area contributed by atoms with E-state index in [1.165, 1.54) is 12.7 Å². The van der Waals surface area contributed by atoms with Gasteiger partial charge >= 0.3 is 0 Å². The zero-order chi connectivity index (χ0) is 15.1. The standard InChI is InChI=1S/C14H24N6O/c1-2-6-11-13(17-10-18-14(11)19-15)16-9-12(21)20-7-4-3-5-8-20/h10H,2-9,15H2,1H3,(H2,16,17,18,19). The van der Waals surface area contributed by atoms with Gasteiger partial charge in [-0.3, -0.25) is 4.79 Å². The number of nitrogens with two attached hydrogens (primary N) is 1. The van der Waals surface area contributed by atoms with Crippen LogP contribution in [0.3, 0.4) is 0 Å². The first-order valence-electron chi connectivity index (χ1n) is 7.58. The molecule has 1 saturated heterocycles. The van der Waals surface area contributed by atoms with E-state index in [4.69, 9.17) is 5.84 Å². The summed E-state index contributed by atoms with van der Waals surface area (Å²) < 4.78 is 0. The summed E-state index contributed by atoms with van der Waals surface area (Å²) in [5.74, 6) is 6.90. The lowest BCUT2D eigenvalue weighted by Gasteiger charge is -2.27. The second kappa shape index (κ2) is 7.78. The molecule has 1 fully saturated rings. The Balaban J connectivity index is 2.00. The van der Waals surface area contributed by atoms with E-state index in [9.17, 15) is 4.79 Å². The summed E-state index contributed by atoms with van der Waals surface area (Å²) in [5, 5.41) is 3.13. The summed E-state index contributed by atoms with van der Waals surface area (Å²) in [7, 11) is 0. The number of rotatable bonds is 6. The average molecular weight is 292 g/mol. The van der Waals surface area contributed by atoms with Crippen LogP contribution in [0.25, 0.3) is 0 Å². The van der Waals surface area contributed by atoms with Gasteiger partial charge in [0.2, 0.25) is 5.91 Å². The second-order valence-corrected chi connectivity index (χ2v) is 5.24. The van der Waals surface area contributed by atoms with Gasteiger partial charge in [-0.15, -0.1) is 0 Å². The molecule has 7 heteroatoms. The summed E-state index contributed by atoms with van der Waals surface area (Å²) in [6, 6.07) is 0. The van der Waals surface area contributed by atoms with E-state index in [2.05, 4.69) is 27.6 Å². The minimum Gasteiger partial charge on any atom is -0.361 e. The maximum Gasteiger partial charge on any atom is 0.241 e. The van der Waals surface area contributed by atoms with Gasteiger partial charge in [0, 0.05) is 18.7 Å². The van der Waals surface area contributed by atoms with Crippen LogP contribution in [0.15, 0.2) is 6.33 Å². The van der Waals surface area contributed by atoms with E-state index in [1.807, 2.05) is 4.90 Å². The van der Waals surface area contributed by atoms with Crippen LogP contribution in [0.5, 0.6) is 0 Å². The average Bonchev–Trinajstić information content (AvgIpc) is 2.54. The fraction of sp³-hybridized carbons (Fsp3) is 0.643. The summed E-state index contributed by atoms with van der Waals surface area (Å²) >= 11 is 0. The van der Waals surface area contributed by atoms with E-state index in [0.29, 0.717) is 11.6 Å². The molecule has 2 heterocycles. The first-order valence-corrected chi connectivity index (χ1v) is 7.58. The molecule has 0 spiro atoms. The van der Waals surface area contributed by atoms with Gasteiger partial charge in [-0.2, -0.15) is 0 Å². The number of nitrogens with zero attached hydrogens (tertiary/aromatic N) is 3. The normalized spacial score (nSPS) is 14.9. The molecule has 21 heavy (non-hydrogen) atoms. The third kappa shape index (κ3) is 4.04. The molecule has 0 saturated carbocycles. The van der Waals surface area contributed by atoms with E-state index in [-0.39, 0.29) is 12.5 Å². The lowest BCUT2D eigenvalue weighted by molar-refractivity contribution is -0.130. The van der Waals surface area contributed by atoms with E-state index >= 15 is 0 Å². The fourth-order valence-corrected chi connectivity index (χ4v) is 2.59.